The number of aryl methyl sites for hydroxylation is 1. The molecule has 1 heterocycles. The molecule has 3 rings (SSSR count). The summed E-state index contributed by atoms with van der Waals surface area (Å²) < 4.78 is 44.1. The summed E-state index contributed by atoms with van der Waals surface area (Å²) in [7, 11) is -2.36. The highest BCUT2D eigenvalue weighted by Crippen LogP contribution is 2.21. The number of aromatic nitrogens is 2. The molecule has 6 nitrogen and oxygen atoms in total. The summed E-state index contributed by atoms with van der Waals surface area (Å²) in [5, 5.41) is 0.198. The predicted molar refractivity (Wildman–Crippen MR) is 104 cm³/mol. The van der Waals surface area contributed by atoms with Crippen LogP contribution in [-0.2, 0) is 23.3 Å². The zero-order valence-electron chi connectivity index (χ0n) is 14.8. The topological polar surface area (TPSA) is 67.2 Å². The van der Waals surface area contributed by atoms with Crippen LogP contribution in [0.15, 0.2) is 48.8 Å². The van der Waals surface area contributed by atoms with Gasteiger partial charge in [-0.3, -0.25) is 0 Å². The molecule has 0 bridgehead atoms. The maximum Gasteiger partial charge on any atom is 0.279 e. The minimum Gasteiger partial charge on any atom is -0.331 e. The van der Waals surface area contributed by atoms with E-state index in [0.29, 0.717) is 13.0 Å². The molecule has 0 radical (unpaired) electrons. The first-order chi connectivity index (χ1) is 12.9. The Kier molecular flexibility index (Phi) is 6.11. The van der Waals surface area contributed by atoms with E-state index < -0.39 is 16.0 Å². The Labute approximate surface area is 162 Å². The number of fused-ring (bicyclic) bond motifs is 1. The highest BCUT2D eigenvalue weighted by atomic mass is 35.5. The molecule has 0 atom stereocenters. The Morgan fingerprint density at radius 1 is 1.22 bits per heavy atom. The van der Waals surface area contributed by atoms with Crippen LogP contribution in [0.5, 0.6) is 0 Å². The largest absolute Gasteiger partial charge is 0.331 e. The molecule has 0 unspecified atom stereocenters. The zero-order valence-corrected chi connectivity index (χ0v) is 16.3. The molecule has 0 amide bonds. The van der Waals surface area contributed by atoms with Crippen molar-refractivity contribution >= 4 is 32.8 Å². The number of hydrogen-bond donors (Lipinski definition) is 1. The molecular weight excluding hydrogens is 391 g/mol. The van der Waals surface area contributed by atoms with Crippen LogP contribution in [0.25, 0.3) is 11.0 Å². The second-order valence-electron chi connectivity index (χ2n) is 6.14. The fraction of sp³-hybridized carbons (Fsp3) is 0.278. The van der Waals surface area contributed by atoms with Crippen molar-refractivity contribution in [3.8, 4) is 0 Å². The van der Waals surface area contributed by atoms with Crippen LogP contribution in [0, 0.1) is 5.82 Å². The molecule has 0 saturated carbocycles. The number of nitrogens with one attached hydrogen (secondary N) is 1. The lowest BCUT2D eigenvalue weighted by Gasteiger charge is -2.19. The lowest BCUT2D eigenvalue weighted by Crippen LogP contribution is -2.38. The first kappa shape index (κ1) is 19.8. The quantitative estimate of drug-likeness (QED) is 0.580. The van der Waals surface area contributed by atoms with E-state index in [1.807, 2.05) is 28.8 Å². The van der Waals surface area contributed by atoms with Crippen molar-refractivity contribution in [1.82, 2.24) is 18.6 Å². The molecule has 27 heavy (non-hydrogen) atoms. The molecule has 1 N–H and O–H groups in total. The summed E-state index contributed by atoms with van der Waals surface area (Å²) in [4.78, 5) is 4.31. The van der Waals surface area contributed by atoms with Crippen molar-refractivity contribution < 1.29 is 12.8 Å². The molecule has 0 saturated heterocycles. The molecule has 3 aromatic rings. The van der Waals surface area contributed by atoms with Crippen LogP contribution < -0.4 is 4.72 Å². The van der Waals surface area contributed by atoms with Gasteiger partial charge >= 0.3 is 0 Å². The minimum atomic E-state index is -3.74. The number of para-hydroxylation sites is 2. The van der Waals surface area contributed by atoms with Crippen molar-refractivity contribution in [2.45, 2.75) is 19.5 Å². The van der Waals surface area contributed by atoms with Gasteiger partial charge in [0, 0.05) is 37.3 Å². The smallest absolute Gasteiger partial charge is 0.279 e. The van der Waals surface area contributed by atoms with Crippen LogP contribution in [0.2, 0.25) is 5.02 Å². The van der Waals surface area contributed by atoms with Gasteiger partial charge in [0.2, 0.25) is 0 Å². The van der Waals surface area contributed by atoms with Gasteiger partial charge in [0.05, 0.1) is 17.4 Å². The third-order valence-corrected chi connectivity index (χ3v) is 6.11. The molecule has 144 valence electrons. The van der Waals surface area contributed by atoms with E-state index in [4.69, 9.17) is 11.6 Å². The van der Waals surface area contributed by atoms with Crippen molar-refractivity contribution in [2.75, 3.05) is 13.6 Å². The number of hydrogen-bond acceptors (Lipinski definition) is 3. The molecule has 0 spiro atoms. The highest BCUT2D eigenvalue weighted by Gasteiger charge is 2.20. The number of halogens is 2. The number of nitrogens with zero attached hydrogens (tertiary/aromatic N) is 3. The van der Waals surface area contributed by atoms with E-state index in [1.165, 1.54) is 25.2 Å². The number of benzene rings is 2. The number of imidazole rings is 1. The van der Waals surface area contributed by atoms with E-state index >= 15 is 0 Å². The van der Waals surface area contributed by atoms with Gasteiger partial charge in [-0.2, -0.15) is 12.7 Å². The molecule has 0 aliphatic rings. The molecule has 9 heteroatoms. The van der Waals surface area contributed by atoms with Crippen molar-refractivity contribution in [3.63, 3.8) is 0 Å². The minimum absolute atomic E-state index is 0.146. The summed E-state index contributed by atoms with van der Waals surface area (Å²) in [5.41, 5.74) is 2.06. The normalized spacial score (nSPS) is 12.1. The first-order valence-electron chi connectivity index (χ1n) is 8.42. The molecular formula is C18H20ClFN4O2S. The van der Waals surface area contributed by atoms with E-state index in [1.54, 1.807) is 6.33 Å². The van der Waals surface area contributed by atoms with Crippen molar-refractivity contribution in [3.05, 3.63) is 65.2 Å². The Morgan fingerprint density at radius 2 is 2.00 bits per heavy atom. The van der Waals surface area contributed by atoms with Crippen LogP contribution in [-0.4, -0.2) is 35.9 Å². The monoisotopic (exact) mass is 410 g/mol. The van der Waals surface area contributed by atoms with Gasteiger partial charge in [0.1, 0.15) is 5.82 Å². The molecule has 0 aliphatic heterocycles. The van der Waals surface area contributed by atoms with Gasteiger partial charge < -0.3 is 4.57 Å². The third-order valence-electron chi connectivity index (χ3n) is 4.24. The van der Waals surface area contributed by atoms with E-state index in [9.17, 15) is 12.8 Å². The Balaban J connectivity index is 1.55. The Bertz CT molecular complexity index is 1020. The maximum atomic E-state index is 13.9. The maximum absolute atomic E-state index is 13.9. The molecule has 0 aliphatic carbocycles. The molecule has 1 aromatic heterocycles. The van der Waals surface area contributed by atoms with E-state index in [0.717, 1.165) is 15.3 Å². The van der Waals surface area contributed by atoms with Crippen LogP contribution in [0.1, 0.15) is 12.0 Å². The zero-order chi connectivity index (χ0) is 19.4. The average molecular weight is 411 g/mol. The summed E-state index contributed by atoms with van der Waals surface area (Å²) >= 11 is 5.96. The summed E-state index contributed by atoms with van der Waals surface area (Å²) in [6.07, 6.45) is 2.33. The van der Waals surface area contributed by atoms with E-state index in [-0.39, 0.29) is 23.7 Å². The van der Waals surface area contributed by atoms with Gasteiger partial charge in [0.15, 0.2) is 0 Å². The van der Waals surface area contributed by atoms with Crippen LogP contribution in [0.4, 0.5) is 4.39 Å². The average Bonchev–Trinajstić information content (AvgIpc) is 3.05. The fourth-order valence-electron chi connectivity index (χ4n) is 2.74. The third kappa shape index (κ3) is 4.65. The lowest BCUT2D eigenvalue weighted by molar-refractivity contribution is 0.444. The Morgan fingerprint density at radius 3 is 2.78 bits per heavy atom. The van der Waals surface area contributed by atoms with Crippen molar-refractivity contribution in [2.24, 2.45) is 0 Å². The van der Waals surface area contributed by atoms with Crippen molar-refractivity contribution in [1.29, 1.82) is 0 Å². The van der Waals surface area contributed by atoms with Gasteiger partial charge in [-0.05, 0) is 30.7 Å². The SMILES string of the molecule is CN(Cc1c(F)cccc1Cl)S(=O)(=O)NCCCn1cnc2ccccc21. The summed E-state index contributed by atoms with van der Waals surface area (Å²) in [5.74, 6) is -0.531. The van der Waals surface area contributed by atoms with Crippen LogP contribution in [0.3, 0.4) is 0 Å². The highest BCUT2D eigenvalue weighted by molar-refractivity contribution is 7.87. The van der Waals surface area contributed by atoms with E-state index in [2.05, 4.69) is 9.71 Å². The molecule has 2 aromatic carbocycles. The summed E-state index contributed by atoms with van der Waals surface area (Å²) in [6, 6.07) is 12.0. The standard InChI is InChI=1S/C18H20ClFN4O2S/c1-23(12-14-15(19)6-4-7-16(14)20)27(25,26)22-10-5-11-24-13-21-17-8-2-3-9-18(17)24/h2-4,6-9,13,22H,5,10-12H2,1H3. The Hall–Kier alpha value is -2.00. The predicted octanol–water partition coefficient (Wildman–Crippen LogP) is 3.19. The summed E-state index contributed by atoms with van der Waals surface area (Å²) in [6.45, 7) is 0.739. The van der Waals surface area contributed by atoms with Gasteiger partial charge in [-0.15, -0.1) is 0 Å². The van der Waals surface area contributed by atoms with Gasteiger partial charge in [0.25, 0.3) is 10.2 Å². The fourth-order valence-corrected chi connectivity index (χ4v) is 3.88. The van der Waals surface area contributed by atoms with Gasteiger partial charge in [-0.25, -0.2) is 14.1 Å². The van der Waals surface area contributed by atoms with Gasteiger partial charge in [-0.1, -0.05) is 29.8 Å². The first-order valence-corrected chi connectivity index (χ1v) is 10.2. The molecule has 0 fully saturated rings. The van der Waals surface area contributed by atoms with Crippen LogP contribution >= 0.6 is 11.6 Å². The number of rotatable bonds is 8. The second kappa shape index (κ2) is 8.35. The second-order valence-corrected chi connectivity index (χ2v) is 8.41. The lowest BCUT2D eigenvalue weighted by atomic mass is 10.2.